The Morgan fingerprint density at radius 2 is 2.00 bits per heavy atom. The van der Waals surface area contributed by atoms with Gasteiger partial charge >= 0.3 is 6.03 Å². The lowest BCUT2D eigenvalue weighted by atomic mass is 9.93. The Balaban J connectivity index is 2.43. The van der Waals surface area contributed by atoms with Crippen LogP contribution in [0.15, 0.2) is 24.3 Å². The van der Waals surface area contributed by atoms with Gasteiger partial charge in [-0.15, -0.1) is 0 Å². The van der Waals surface area contributed by atoms with Gasteiger partial charge in [-0.2, -0.15) is 0 Å². The molecule has 1 aromatic rings. The van der Waals surface area contributed by atoms with Gasteiger partial charge in [-0.25, -0.2) is 4.79 Å². The highest BCUT2D eigenvalue weighted by Gasteiger charge is 2.25. The summed E-state index contributed by atoms with van der Waals surface area (Å²) in [6, 6.07) is 7.92. The van der Waals surface area contributed by atoms with E-state index in [1.807, 2.05) is 24.3 Å². The topological polar surface area (TPSA) is 41.1 Å². The molecule has 2 amide bonds. The van der Waals surface area contributed by atoms with Crippen LogP contribution in [0.25, 0.3) is 0 Å². The third-order valence-electron chi connectivity index (χ3n) is 2.50. The van der Waals surface area contributed by atoms with Gasteiger partial charge in [0.15, 0.2) is 0 Å². The molecule has 1 unspecified atom stereocenters. The van der Waals surface area contributed by atoms with E-state index < -0.39 is 0 Å². The lowest BCUT2D eigenvalue weighted by Crippen LogP contribution is -2.39. The number of urea groups is 1. The van der Waals surface area contributed by atoms with Crippen molar-refractivity contribution in [2.24, 2.45) is 5.92 Å². The molecule has 0 spiro atoms. The van der Waals surface area contributed by atoms with Gasteiger partial charge in [0.1, 0.15) is 0 Å². The molecule has 2 N–H and O–H groups in total. The van der Waals surface area contributed by atoms with Gasteiger partial charge < -0.3 is 10.6 Å². The minimum Gasteiger partial charge on any atom is -0.331 e. The molecule has 2 rings (SSSR count). The summed E-state index contributed by atoms with van der Waals surface area (Å²) >= 11 is 0. The summed E-state index contributed by atoms with van der Waals surface area (Å²) in [5.41, 5.74) is 2.09. The van der Waals surface area contributed by atoms with Crippen LogP contribution in [-0.2, 0) is 0 Å². The molecule has 14 heavy (non-hydrogen) atoms. The van der Waals surface area contributed by atoms with E-state index in [2.05, 4.69) is 24.5 Å². The largest absolute Gasteiger partial charge is 0.331 e. The van der Waals surface area contributed by atoms with Gasteiger partial charge in [0.25, 0.3) is 0 Å². The van der Waals surface area contributed by atoms with Crippen molar-refractivity contribution in [1.29, 1.82) is 0 Å². The van der Waals surface area contributed by atoms with E-state index in [-0.39, 0.29) is 12.1 Å². The quantitative estimate of drug-likeness (QED) is 0.702. The predicted octanol–water partition coefficient (Wildman–Crippen LogP) is 2.52. The fourth-order valence-electron chi connectivity index (χ4n) is 1.79. The average molecular weight is 190 g/mol. The van der Waals surface area contributed by atoms with E-state index in [0.29, 0.717) is 5.92 Å². The second kappa shape index (κ2) is 3.33. The van der Waals surface area contributed by atoms with E-state index in [1.165, 1.54) is 5.56 Å². The summed E-state index contributed by atoms with van der Waals surface area (Å²) < 4.78 is 0. The highest BCUT2D eigenvalue weighted by atomic mass is 16.2. The molecule has 0 saturated heterocycles. The van der Waals surface area contributed by atoms with Crippen LogP contribution in [0, 0.1) is 5.92 Å². The van der Waals surface area contributed by atoms with Crippen molar-refractivity contribution in [2.75, 3.05) is 5.32 Å². The number of hydrogen-bond acceptors (Lipinski definition) is 1. The zero-order valence-corrected chi connectivity index (χ0v) is 8.37. The molecule has 1 aromatic carbocycles. The summed E-state index contributed by atoms with van der Waals surface area (Å²) in [6.07, 6.45) is 0. The molecule has 0 radical (unpaired) electrons. The number of carbonyl (C=O) groups is 1. The third kappa shape index (κ3) is 1.45. The zero-order valence-electron chi connectivity index (χ0n) is 8.37. The van der Waals surface area contributed by atoms with Gasteiger partial charge in [0.05, 0.1) is 6.04 Å². The Hall–Kier alpha value is -1.51. The summed E-state index contributed by atoms with van der Waals surface area (Å²) in [5.74, 6) is 0.405. The van der Waals surface area contributed by atoms with Crippen LogP contribution >= 0.6 is 0 Å². The molecule has 0 saturated carbocycles. The van der Waals surface area contributed by atoms with Crippen LogP contribution in [0.5, 0.6) is 0 Å². The SMILES string of the molecule is CC(C)C1NC(=O)Nc2ccccc21. The number of fused-ring (bicyclic) bond motifs is 1. The Morgan fingerprint density at radius 3 is 2.71 bits per heavy atom. The number of amides is 2. The number of carbonyl (C=O) groups excluding carboxylic acids is 1. The van der Waals surface area contributed by atoms with Crippen molar-refractivity contribution >= 4 is 11.7 Å². The van der Waals surface area contributed by atoms with Crippen LogP contribution in [-0.4, -0.2) is 6.03 Å². The predicted molar refractivity (Wildman–Crippen MR) is 56.2 cm³/mol. The van der Waals surface area contributed by atoms with Crippen LogP contribution in [0.4, 0.5) is 10.5 Å². The highest BCUT2D eigenvalue weighted by Crippen LogP contribution is 2.30. The summed E-state index contributed by atoms with van der Waals surface area (Å²) in [6.45, 7) is 4.21. The van der Waals surface area contributed by atoms with Crippen LogP contribution in [0.1, 0.15) is 25.5 Å². The maximum Gasteiger partial charge on any atom is 0.319 e. The number of para-hydroxylation sites is 1. The fraction of sp³-hybridized carbons (Fsp3) is 0.364. The Labute approximate surface area is 83.5 Å². The third-order valence-corrected chi connectivity index (χ3v) is 2.50. The Kier molecular flexibility index (Phi) is 2.15. The molecule has 1 aliphatic rings. The van der Waals surface area contributed by atoms with Gasteiger partial charge in [0, 0.05) is 5.69 Å². The molecule has 1 heterocycles. The van der Waals surface area contributed by atoms with Gasteiger partial charge in [0.2, 0.25) is 0 Å². The first-order valence-electron chi connectivity index (χ1n) is 4.85. The normalized spacial score (nSPS) is 19.9. The second-order valence-corrected chi connectivity index (χ2v) is 3.91. The van der Waals surface area contributed by atoms with Crippen molar-refractivity contribution in [3.8, 4) is 0 Å². The number of benzene rings is 1. The molecule has 3 nitrogen and oxygen atoms in total. The number of anilines is 1. The van der Waals surface area contributed by atoms with Crippen LogP contribution in [0.2, 0.25) is 0 Å². The molecule has 0 bridgehead atoms. The van der Waals surface area contributed by atoms with E-state index in [0.717, 1.165) is 5.69 Å². The molecule has 74 valence electrons. The van der Waals surface area contributed by atoms with Crippen LogP contribution < -0.4 is 10.6 Å². The maximum atomic E-state index is 11.3. The van der Waals surface area contributed by atoms with Crippen molar-refractivity contribution in [3.63, 3.8) is 0 Å². The van der Waals surface area contributed by atoms with Crippen LogP contribution in [0.3, 0.4) is 0 Å². The summed E-state index contributed by atoms with van der Waals surface area (Å²) in [4.78, 5) is 11.3. The number of nitrogens with one attached hydrogen (secondary N) is 2. The number of rotatable bonds is 1. The monoisotopic (exact) mass is 190 g/mol. The average Bonchev–Trinajstić information content (AvgIpc) is 2.16. The molecule has 1 aliphatic heterocycles. The lowest BCUT2D eigenvalue weighted by molar-refractivity contribution is 0.243. The highest BCUT2D eigenvalue weighted by molar-refractivity contribution is 5.92. The Bertz CT molecular complexity index is 360. The summed E-state index contributed by atoms with van der Waals surface area (Å²) in [5, 5.41) is 5.72. The molecular weight excluding hydrogens is 176 g/mol. The molecule has 0 fully saturated rings. The minimum absolute atomic E-state index is 0.109. The molecular formula is C11H14N2O. The van der Waals surface area contributed by atoms with Crippen molar-refractivity contribution in [3.05, 3.63) is 29.8 Å². The first kappa shape index (κ1) is 9.06. The molecule has 0 aromatic heterocycles. The minimum atomic E-state index is -0.109. The lowest BCUT2D eigenvalue weighted by Gasteiger charge is -2.29. The maximum absolute atomic E-state index is 11.3. The van der Waals surface area contributed by atoms with E-state index in [4.69, 9.17) is 0 Å². The first-order chi connectivity index (χ1) is 6.68. The van der Waals surface area contributed by atoms with Gasteiger partial charge in [-0.05, 0) is 17.5 Å². The van der Waals surface area contributed by atoms with E-state index in [1.54, 1.807) is 0 Å². The van der Waals surface area contributed by atoms with Gasteiger partial charge in [-0.3, -0.25) is 0 Å². The van der Waals surface area contributed by atoms with Crippen molar-refractivity contribution in [2.45, 2.75) is 19.9 Å². The Morgan fingerprint density at radius 1 is 1.29 bits per heavy atom. The first-order valence-corrected chi connectivity index (χ1v) is 4.85. The van der Waals surface area contributed by atoms with E-state index >= 15 is 0 Å². The van der Waals surface area contributed by atoms with Crippen molar-refractivity contribution < 1.29 is 4.79 Å². The molecule has 1 atom stereocenters. The van der Waals surface area contributed by atoms with Crippen molar-refractivity contribution in [1.82, 2.24) is 5.32 Å². The summed E-state index contributed by atoms with van der Waals surface area (Å²) in [7, 11) is 0. The molecule has 0 aliphatic carbocycles. The van der Waals surface area contributed by atoms with E-state index in [9.17, 15) is 4.79 Å². The standard InChI is InChI=1S/C11H14N2O/c1-7(2)10-8-5-3-4-6-9(8)12-11(14)13-10/h3-7,10H,1-2H3,(H2,12,13,14). The molecule has 3 heteroatoms. The zero-order chi connectivity index (χ0) is 10.1. The number of hydrogen-bond donors (Lipinski definition) is 2. The van der Waals surface area contributed by atoms with Gasteiger partial charge in [-0.1, -0.05) is 32.0 Å². The fourth-order valence-corrected chi connectivity index (χ4v) is 1.79. The smallest absolute Gasteiger partial charge is 0.319 e. The second-order valence-electron chi connectivity index (χ2n) is 3.91.